The van der Waals surface area contributed by atoms with E-state index < -0.39 is 0 Å². The van der Waals surface area contributed by atoms with Gasteiger partial charge in [0.25, 0.3) is 0 Å². The number of imidazole rings is 1. The van der Waals surface area contributed by atoms with Gasteiger partial charge in [0, 0.05) is 30.6 Å². The summed E-state index contributed by atoms with van der Waals surface area (Å²) in [4.78, 5) is 4.28. The Morgan fingerprint density at radius 2 is 2.10 bits per heavy atom. The van der Waals surface area contributed by atoms with Crippen LogP contribution in [-0.4, -0.2) is 30.3 Å². The second kappa shape index (κ2) is 7.13. The van der Waals surface area contributed by atoms with Gasteiger partial charge in [0.05, 0.1) is 20.3 Å². The average molecular weight is 289 g/mol. The van der Waals surface area contributed by atoms with E-state index in [1.54, 1.807) is 14.2 Å². The van der Waals surface area contributed by atoms with Crippen molar-refractivity contribution in [2.75, 3.05) is 20.8 Å². The molecule has 0 radical (unpaired) electrons. The van der Waals surface area contributed by atoms with E-state index >= 15 is 0 Å². The Morgan fingerprint density at radius 1 is 1.29 bits per heavy atom. The van der Waals surface area contributed by atoms with Crippen LogP contribution in [0.25, 0.3) is 0 Å². The van der Waals surface area contributed by atoms with Gasteiger partial charge in [-0.2, -0.15) is 0 Å². The molecule has 0 aliphatic rings. The Hall–Kier alpha value is -2.01. The van der Waals surface area contributed by atoms with Crippen molar-refractivity contribution in [3.8, 4) is 11.5 Å². The molecule has 0 spiro atoms. The third kappa shape index (κ3) is 3.55. The largest absolute Gasteiger partial charge is 0.497 e. The minimum absolute atomic E-state index is 0.156. The number of methoxy groups -OCH3 is 2. The molecule has 1 N–H and O–H groups in total. The van der Waals surface area contributed by atoms with Gasteiger partial charge < -0.3 is 19.4 Å². The van der Waals surface area contributed by atoms with Gasteiger partial charge >= 0.3 is 0 Å². The molecule has 2 rings (SSSR count). The van der Waals surface area contributed by atoms with Crippen LogP contribution < -0.4 is 14.8 Å². The van der Waals surface area contributed by atoms with E-state index in [1.165, 1.54) is 0 Å². The summed E-state index contributed by atoms with van der Waals surface area (Å²) in [6, 6.07) is 6.09. The number of benzene rings is 1. The maximum atomic E-state index is 5.52. The maximum Gasteiger partial charge on any atom is 0.127 e. The first-order valence-corrected chi connectivity index (χ1v) is 7.12. The maximum absolute atomic E-state index is 5.52. The van der Waals surface area contributed by atoms with E-state index in [0.29, 0.717) is 0 Å². The highest BCUT2D eigenvalue weighted by Crippen LogP contribution is 2.30. The van der Waals surface area contributed by atoms with Crippen LogP contribution in [0.5, 0.6) is 11.5 Å². The Morgan fingerprint density at radius 3 is 2.67 bits per heavy atom. The van der Waals surface area contributed by atoms with Crippen molar-refractivity contribution >= 4 is 0 Å². The number of likely N-dealkylation sites (N-methyl/N-ethyl adjacent to an activating group) is 1. The van der Waals surface area contributed by atoms with Crippen LogP contribution in [0.3, 0.4) is 0 Å². The van der Waals surface area contributed by atoms with Crippen molar-refractivity contribution in [2.24, 2.45) is 0 Å². The van der Waals surface area contributed by atoms with Crippen LogP contribution in [0.15, 0.2) is 30.6 Å². The molecule has 1 atom stereocenters. The zero-order valence-corrected chi connectivity index (χ0v) is 13.1. The summed E-state index contributed by atoms with van der Waals surface area (Å²) in [5.74, 6) is 2.63. The zero-order valence-electron chi connectivity index (χ0n) is 13.1. The van der Waals surface area contributed by atoms with Crippen molar-refractivity contribution < 1.29 is 9.47 Å². The number of ether oxygens (including phenoxy) is 2. The molecule has 0 fully saturated rings. The first-order valence-electron chi connectivity index (χ1n) is 7.12. The quantitative estimate of drug-likeness (QED) is 0.851. The molecule has 1 heterocycles. The van der Waals surface area contributed by atoms with E-state index in [2.05, 4.69) is 27.9 Å². The second-order valence-electron chi connectivity index (χ2n) is 4.84. The van der Waals surface area contributed by atoms with E-state index in [-0.39, 0.29) is 6.04 Å². The number of hydrogen-bond acceptors (Lipinski definition) is 4. The topological polar surface area (TPSA) is 48.3 Å². The standard InChI is InChI=1S/C16H23N3O2/c1-5-17-15(11-19-9-8-18-12(19)2)14-7-6-13(20-3)10-16(14)21-4/h6-10,15,17H,5,11H2,1-4H3. The molecule has 21 heavy (non-hydrogen) atoms. The molecule has 2 aromatic rings. The number of hydrogen-bond donors (Lipinski definition) is 1. The zero-order chi connectivity index (χ0) is 15.2. The summed E-state index contributed by atoms with van der Waals surface area (Å²) in [7, 11) is 3.34. The van der Waals surface area contributed by atoms with Crippen LogP contribution in [0.2, 0.25) is 0 Å². The van der Waals surface area contributed by atoms with E-state index in [0.717, 1.165) is 36.0 Å². The van der Waals surface area contributed by atoms with Crippen molar-refractivity contribution in [3.05, 3.63) is 42.0 Å². The lowest BCUT2D eigenvalue weighted by Crippen LogP contribution is -2.26. The first-order chi connectivity index (χ1) is 10.2. The van der Waals surface area contributed by atoms with Crippen LogP contribution in [0.4, 0.5) is 0 Å². The molecule has 114 valence electrons. The van der Waals surface area contributed by atoms with Gasteiger partial charge in [0.1, 0.15) is 17.3 Å². The molecule has 1 aromatic carbocycles. The summed E-state index contributed by atoms with van der Waals surface area (Å²) < 4.78 is 12.9. The van der Waals surface area contributed by atoms with Crippen LogP contribution >= 0.6 is 0 Å². The fraction of sp³-hybridized carbons (Fsp3) is 0.438. The van der Waals surface area contributed by atoms with Gasteiger partial charge in [-0.1, -0.05) is 6.92 Å². The summed E-state index contributed by atoms with van der Waals surface area (Å²) in [6.07, 6.45) is 3.82. The van der Waals surface area contributed by atoms with Gasteiger partial charge in [-0.15, -0.1) is 0 Å². The highest BCUT2D eigenvalue weighted by Gasteiger charge is 2.17. The number of nitrogens with one attached hydrogen (secondary N) is 1. The third-order valence-corrected chi connectivity index (χ3v) is 3.57. The molecule has 1 unspecified atom stereocenters. The molecule has 0 aliphatic heterocycles. The van der Waals surface area contributed by atoms with E-state index in [9.17, 15) is 0 Å². The van der Waals surface area contributed by atoms with Crippen molar-refractivity contribution in [3.63, 3.8) is 0 Å². The molecule has 0 saturated carbocycles. The molecular weight excluding hydrogens is 266 g/mol. The van der Waals surface area contributed by atoms with Gasteiger partial charge in [-0.05, 0) is 25.6 Å². The Bertz CT molecular complexity index is 581. The summed E-state index contributed by atoms with van der Waals surface area (Å²) in [5, 5.41) is 3.51. The lowest BCUT2D eigenvalue weighted by Gasteiger charge is -2.22. The van der Waals surface area contributed by atoms with Crippen LogP contribution in [-0.2, 0) is 6.54 Å². The van der Waals surface area contributed by atoms with Crippen LogP contribution in [0, 0.1) is 6.92 Å². The predicted octanol–water partition coefficient (Wildman–Crippen LogP) is 2.56. The smallest absolute Gasteiger partial charge is 0.127 e. The fourth-order valence-electron chi connectivity index (χ4n) is 2.42. The monoisotopic (exact) mass is 289 g/mol. The normalized spacial score (nSPS) is 12.2. The van der Waals surface area contributed by atoms with Gasteiger partial charge in [0.15, 0.2) is 0 Å². The summed E-state index contributed by atoms with van der Waals surface area (Å²) in [5.41, 5.74) is 1.12. The number of rotatable bonds is 7. The first kappa shape index (κ1) is 15.4. The van der Waals surface area contributed by atoms with Crippen molar-refractivity contribution in [2.45, 2.75) is 26.4 Å². The molecule has 1 aromatic heterocycles. The fourth-order valence-corrected chi connectivity index (χ4v) is 2.42. The SMILES string of the molecule is CCNC(Cn1ccnc1C)c1ccc(OC)cc1OC. The number of nitrogens with zero attached hydrogens (tertiary/aromatic N) is 2. The lowest BCUT2D eigenvalue weighted by molar-refractivity contribution is 0.378. The lowest BCUT2D eigenvalue weighted by atomic mass is 10.0. The molecular formula is C16H23N3O2. The minimum atomic E-state index is 0.156. The highest BCUT2D eigenvalue weighted by molar-refractivity contribution is 5.42. The number of aromatic nitrogens is 2. The molecule has 0 amide bonds. The van der Waals surface area contributed by atoms with Crippen LogP contribution in [0.1, 0.15) is 24.4 Å². The average Bonchev–Trinajstić information content (AvgIpc) is 2.91. The highest BCUT2D eigenvalue weighted by atomic mass is 16.5. The van der Waals surface area contributed by atoms with E-state index in [4.69, 9.17) is 9.47 Å². The third-order valence-electron chi connectivity index (χ3n) is 3.57. The Balaban J connectivity index is 2.31. The Kier molecular flexibility index (Phi) is 5.22. The molecule has 5 nitrogen and oxygen atoms in total. The van der Waals surface area contributed by atoms with Crippen molar-refractivity contribution in [1.29, 1.82) is 0 Å². The molecule has 0 aliphatic carbocycles. The minimum Gasteiger partial charge on any atom is -0.497 e. The van der Waals surface area contributed by atoms with Gasteiger partial charge in [-0.25, -0.2) is 4.98 Å². The van der Waals surface area contributed by atoms with Gasteiger partial charge in [-0.3, -0.25) is 0 Å². The summed E-state index contributed by atoms with van der Waals surface area (Å²) in [6.45, 7) is 5.80. The molecule has 0 bridgehead atoms. The summed E-state index contributed by atoms with van der Waals surface area (Å²) >= 11 is 0. The number of aryl methyl sites for hydroxylation is 1. The predicted molar refractivity (Wildman–Crippen MR) is 82.9 cm³/mol. The Labute approximate surface area is 125 Å². The van der Waals surface area contributed by atoms with Crippen molar-refractivity contribution in [1.82, 2.24) is 14.9 Å². The second-order valence-corrected chi connectivity index (χ2v) is 4.84. The molecule has 5 heteroatoms. The molecule has 0 saturated heterocycles. The van der Waals surface area contributed by atoms with E-state index in [1.807, 2.05) is 31.5 Å². The van der Waals surface area contributed by atoms with Gasteiger partial charge in [0.2, 0.25) is 0 Å².